The summed E-state index contributed by atoms with van der Waals surface area (Å²) in [6.45, 7) is 7.94. The van der Waals surface area contributed by atoms with E-state index in [4.69, 9.17) is 11.6 Å². The average Bonchev–Trinajstić information content (AvgIpc) is 2.60. The highest BCUT2D eigenvalue weighted by atomic mass is 35.5. The predicted molar refractivity (Wildman–Crippen MR) is 79.6 cm³/mol. The maximum Gasteiger partial charge on any atom is 0.0455 e. The van der Waals surface area contributed by atoms with E-state index in [-0.39, 0.29) is 0 Å². The third kappa shape index (κ3) is 3.39. The Labute approximate surface area is 115 Å². The lowest BCUT2D eigenvalue weighted by molar-refractivity contribution is 0.300. The second-order valence-electron chi connectivity index (χ2n) is 5.12. The van der Waals surface area contributed by atoms with Gasteiger partial charge in [0.1, 0.15) is 0 Å². The number of anilines is 1. The van der Waals surface area contributed by atoms with E-state index >= 15 is 0 Å². The molecule has 0 bridgehead atoms. The summed E-state index contributed by atoms with van der Waals surface area (Å²) < 4.78 is 0. The van der Waals surface area contributed by atoms with Crippen LogP contribution in [0.2, 0.25) is 5.02 Å². The monoisotopic (exact) mass is 266 g/mol. The predicted octanol–water partition coefficient (Wildman–Crippen LogP) is 3.93. The fraction of sp³-hybridized carbons (Fsp3) is 0.600. The third-order valence-electron chi connectivity index (χ3n) is 3.90. The molecule has 100 valence electrons. The Balaban J connectivity index is 1.99. The molecule has 1 aliphatic heterocycles. The van der Waals surface area contributed by atoms with Gasteiger partial charge in [-0.1, -0.05) is 24.6 Å². The Kier molecular flexibility index (Phi) is 4.90. The fourth-order valence-corrected chi connectivity index (χ4v) is 2.77. The maximum atomic E-state index is 6.16. The van der Waals surface area contributed by atoms with Crippen LogP contribution in [0.5, 0.6) is 0 Å². The van der Waals surface area contributed by atoms with Gasteiger partial charge >= 0.3 is 0 Å². The number of nitrogens with zero attached hydrogens (tertiary/aromatic N) is 1. The molecule has 2 nitrogen and oxygen atoms in total. The molecule has 0 amide bonds. The molecule has 1 aliphatic rings. The minimum atomic E-state index is 0.582. The van der Waals surface area contributed by atoms with E-state index in [1.807, 2.05) is 12.1 Å². The van der Waals surface area contributed by atoms with Gasteiger partial charge in [-0.3, -0.25) is 0 Å². The molecule has 1 fully saturated rings. The van der Waals surface area contributed by atoms with Gasteiger partial charge in [0.15, 0.2) is 0 Å². The lowest BCUT2D eigenvalue weighted by Gasteiger charge is -2.20. The first-order valence-corrected chi connectivity index (χ1v) is 7.32. The Hall–Kier alpha value is -0.730. The Morgan fingerprint density at radius 2 is 2.17 bits per heavy atom. The van der Waals surface area contributed by atoms with Crippen molar-refractivity contribution >= 4 is 17.3 Å². The molecule has 1 heterocycles. The van der Waals surface area contributed by atoms with E-state index in [9.17, 15) is 0 Å². The Morgan fingerprint density at radius 3 is 2.94 bits per heavy atom. The van der Waals surface area contributed by atoms with Gasteiger partial charge in [-0.2, -0.15) is 0 Å². The van der Waals surface area contributed by atoms with Crippen LogP contribution < -0.4 is 5.32 Å². The second kappa shape index (κ2) is 6.44. The fourth-order valence-electron chi connectivity index (χ4n) is 2.60. The minimum Gasteiger partial charge on any atom is -0.382 e. The summed E-state index contributed by atoms with van der Waals surface area (Å²) in [6, 6.07) is 6.68. The van der Waals surface area contributed by atoms with E-state index in [0.29, 0.717) is 6.04 Å². The van der Waals surface area contributed by atoms with Crippen molar-refractivity contribution in [1.29, 1.82) is 0 Å². The highest BCUT2D eigenvalue weighted by Crippen LogP contribution is 2.25. The van der Waals surface area contributed by atoms with Crippen LogP contribution in [0.3, 0.4) is 0 Å². The number of hydrogen-bond acceptors (Lipinski definition) is 2. The van der Waals surface area contributed by atoms with Crippen molar-refractivity contribution in [2.45, 2.75) is 39.2 Å². The topological polar surface area (TPSA) is 15.3 Å². The van der Waals surface area contributed by atoms with Crippen LogP contribution >= 0.6 is 11.6 Å². The van der Waals surface area contributed by atoms with Crippen LogP contribution in [-0.2, 0) is 0 Å². The van der Waals surface area contributed by atoms with Crippen molar-refractivity contribution in [3.63, 3.8) is 0 Å². The largest absolute Gasteiger partial charge is 0.382 e. The molecule has 1 aromatic carbocycles. The van der Waals surface area contributed by atoms with Gasteiger partial charge in [0.25, 0.3) is 0 Å². The first-order valence-electron chi connectivity index (χ1n) is 6.94. The minimum absolute atomic E-state index is 0.582. The molecule has 0 radical (unpaired) electrons. The van der Waals surface area contributed by atoms with E-state index in [1.54, 1.807) is 0 Å². The number of hydrogen-bond donors (Lipinski definition) is 1. The molecule has 0 saturated carbocycles. The van der Waals surface area contributed by atoms with Crippen LogP contribution in [0.15, 0.2) is 18.2 Å². The molecule has 0 aliphatic carbocycles. The first kappa shape index (κ1) is 13.7. The summed E-state index contributed by atoms with van der Waals surface area (Å²) in [5.41, 5.74) is 2.35. The van der Waals surface area contributed by atoms with Crippen LogP contribution in [0.4, 0.5) is 5.69 Å². The highest BCUT2D eigenvalue weighted by Gasteiger charge is 2.16. The molecule has 1 saturated heterocycles. The molecular weight excluding hydrogens is 244 g/mol. The van der Waals surface area contributed by atoms with Gasteiger partial charge in [0.2, 0.25) is 0 Å². The third-order valence-corrected chi connectivity index (χ3v) is 4.30. The summed E-state index contributed by atoms with van der Waals surface area (Å²) >= 11 is 6.16. The SMILES string of the molecule is CCN1CCCC(Nc2cccc(Cl)c2C)CC1. The number of rotatable bonds is 3. The molecule has 1 unspecified atom stereocenters. The number of benzene rings is 1. The molecule has 0 aromatic heterocycles. The number of likely N-dealkylation sites (tertiary alicyclic amines) is 1. The van der Waals surface area contributed by atoms with Crippen molar-refractivity contribution in [2.24, 2.45) is 0 Å². The van der Waals surface area contributed by atoms with E-state index < -0.39 is 0 Å². The molecule has 3 heteroatoms. The van der Waals surface area contributed by atoms with Crippen LogP contribution in [0.1, 0.15) is 31.7 Å². The molecule has 1 atom stereocenters. The quantitative estimate of drug-likeness (QED) is 0.892. The van der Waals surface area contributed by atoms with Crippen LogP contribution in [-0.4, -0.2) is 30.6 Å². The van der Waals surface area contributed by atoms with Gasteiger partial charge in [-0.15, -0.1) is 0 Å². The summed E-state index contributed by atoms with van der Waals surface area (Å²) in [5, 5.41) is 4.51. The zero-order valence-electron chi connectivity index (χ0n) is 11.4. The van der Waals surface area contributed by atoms with Gasteiger partial charge in [0.05, 0.1) is 0 Å². The maximum absolute atomic E-state index is 6.16. The van der Waals surface area contributed by atoms with Crippen molar-refractivity contribution in [3.8, 4) is 0 Å². The zero-order valence-corrected chi connectivity index (χ0v) is 12.1. The highest BCUT2D eigenvalue weighted by molar-refractivity contribution is 6.31. The van der Waals surface area contributed by atoms with Crippen molar-refractivity contribution in [2.75, 3.05) is 25.0 Å². The number of nitrogens with one attached hydrogen (secondary N) is 1. The van der Waals surface area contributed by atoms with Crippen LogP contribution in [0.25, 0.3) is 0 Å². The summed E-state index contributed by atoms with van der Waals surface area (Å²) in [4.78, 5) is 2.53. The van der Waals surface area contributed by atoms with Crippen molar-refractivity contribution < 1.29 is 0 Å². The van der Waals surface area contributed by atoms with Crippen molar-refractivity contribution in [3.05, 3.63) is 28.8 Å². The van der Waals surface area contributed by atoms with Gasteiger partial charge < -0.3 is 10.2 Å². The van der Waals surface area contributed by atoms with E-state index in [0.717, 1.165) is 10.6 Å². The Morgan fingerprint density at radius 1 is 1.33 bits per heavy atom. The molecule has 0 spiro atoms. The van der Waals surface area contributed by atoms with Crippen LogP contribution in [0, 0.1) is 6.92 Å². The zero-order chi connectivity index (χ0) is 13.0. The smallest absolute Gasteiger partial charge is 0.0455 e. The normalized spacial score (nSPS) is 21.6. The average molecular weight is 267 g/mol. The summed E-state index contributed by atoms with van der Waals surface area (Å²) in [5.74, 6) is 0. The molecule has 2 rings (SSSR count). The first-order chi connectivity index (χ1) is 8.70. The lowest BCUT2D eigenvalue weighted by Crippen LogP contribution is -2.26. The van der Waals surface area contributed by atoms with Crippen molar-refractivity contribution in [1.82, 2.24) is 4.90 Å². The molecule has 1 N–H and O–H groups in total. The second-order valence-corrected chi connectivity index (χ2v) is 5.53. The van der Waals surface area contributed by atoms with E-state index in [2.05, 4.69) is 30.1 Å². The van der Waals surface area contributed by atoms with Gasteiger partial charge in [-0.05, 0) is 57.0 Å². The van der Waals surface area contributed by atoms with E-state index in [1.165, 1.54) is 44.6 Å². The summed E-state index contributed by atoms with van der Waals surface area (Å²) in [7, 11) is 0. The number of halogens is 1. The molecule has 1 aromatic rings. The standard InChI is InChI=1S/C15H23ClN2/c1-3-18-10-5-6-13(9-11-18)17-15-8-4-7-14(16)12(15)2/h4,7-8,13,17H,3,5-6,9-11H2,1-2H3. The Bertz CT molecular complexity index is 392. The molecular formula is C15H23ClN2. The van der Waals surface area contributed by atoms with Gasteiger partial charge in [0, 0.05) is 23.3 Å². The van der Waals surface area contributed by atoms with Gasteiger partial charge in [-0.25, -0.2) is 0 Å². The molecule has 18 heavy (non-hydrogen) atoms. The summed E-state index contributed by atoms with van der Waals surface area (Å²) in [6.07, 6.45) is 3.76. The lowest BCUT2D eigenvalue weighted by atomic mass is 10.1.